The summed E-state index contributed by atoms with van der Waals surface area (Å²) in [4.78, 5) is 19.0. The van der Waals surface area contributed by atoms with Crippen molar-refractivity contribution in [1.29, 1.82) is 0 Å². The monoisotopic (exact) mass is 313 g/mol. The molecule has 1 aromatic rings. The van der Waals surface area contributed by atoms with Gasteiger partial charge in [0.15, 0.2) is 0 Å². The van der Waals surface area contributed by atoms with E-state index in [0.29, 0.717) is 5.75 Å². The zero-order valence-corrected chi connectivity index (χ0v) is 13.3. The lowest BCUT2D eigenvalue weighted by Gasteiger charge is -1.91. The van der Waals surface area contributed by atoms with Crippen LogP contribution in [0.2, 0.25) is 0 Å². The van der Waals surface area contributed by atoms with Crippen LogP contribution in [-0.2, 0) is 9.59 Å². The van der Waals surface area contributed by atoms with Gasteiger partial charge in [0, 0.05) is 11.5 Å². The average molecular weight is 313 g/mol. The molecule has 0 spiro atoms. The highest BCUT2D eigenvalue weighted by atomic mass is 32.1. The molecule has 0 unspecified atom stereocenters. The Bertz CT molecular complexity index is 421. The van der Waals surface area contributed by atoms with Crippen LogP contribution in [0.25, 0.3) is 6.08 Å². The summed E-state index contributed by atoms with van der Waals surface area (Å²) < 4.78 is 0. The number of rotatable bonds is 4. The van der Waals surface area contributed by atoms with Crippen molar-refractivity contribution in [2.24, 2.45) is 0 Å². The lowest BCUT2D eigenvalue weighted by molar-refractivity contribution is -0.305. The number of carbonyl (C=O) groups excluding carboxylic acids is 1. The number of benzene rings is 1. The van der Waals surface area contributed by atoms with Gasteiger partial charge in [0.25, 0.3) is 0 Å². The Balaban J connectivity index is -0.000000231. The number of hydrogen-bond acceptors (Lipinski definition) is 4. The fourth-order valence-electron chi connectivity index (χ4n) is 0.680. The maximum absolute atomic E-state index is 9.60. The van der Waals surface area contributed by atoms with E-state index < -0.39 is 11.9 Å². The molecule has 0 heterocycles. The van der Waals surface area contributed by atoms with Crippen LogP contribution in [0.1, 0.15) is 18.9 Å². The largest absolute Gasteiger partial charge is 0.550 e. The SMILES string of the molecule is C=C(C)C(=O)O.C=Cc1ccccc1.O=C([O-])CCS.[NH4+]. The summed E-state index contributed by atoms with van der Waals surface area (Å²) in [6.45, 7) is 8.23. The lowest BCUT2D eigenvalue weighted by Crippen LogP contribution is -2.21. The van der Waals surface area contributed by atoms with Crippen LogP contribution >= 0.6 is 12.6 Å². The first-order valence-electron chi connectivity index (χ1n) is 5.72. The average Bonchev–Trinajstić information content (AvgIpc) is 2.40. The van der Waals surface area contributed by atoms with Crippen LogP contribution in [0.15, 0.2) is 49.1 Å². The third kappa shape index (κ3) is 20.4. The summed E-state index contributed by atoms with van der Waals surface area (Å²) in [5, 5.41) is 17.3. The van der Waals surface area contributed by atoms with E-state index in [4.69, 9.17) is 5.11 Å². The summed E-state index contributed by atoms with van der Waals surface area (Å²) in [6.07, 6.45) is 1.88. The van der Waals surface area contributed by atoms with Gasteiger partial charge in [-0.2, -0.15) is 12.6 Å². The number of aliphatic carboxylic acids is 2. The predicted molar refractivity (Wildman–Crippen MR) is 88.4 cm³/mol. The predicted octanol–water partition coefficient (Wildman–Crippen LogP) is 2.41. The zero-order valence-electron chi connectivity index (χ0n) is 12.4. The zero-order chi connectivity index (χ0) is 16.0. The molecular weight excluding hydrogens is 290 g/mol. The molecule has 0 aromatic heterocycles. The van der Waals surface area contributed by atoms with Crippen LogP contribution in [0.5, 0.6) is 0 Å². The minimum Gasteiger partial charge on any atom is -0.550 e. The topological polar surface area (TPSA) is 114 Å². The van der Waals surface area contributed by atoms with Crippen molar-refractivity contribution >= 4 is 30.6 Å². The molecule has 0 saturated heterocycles. The van der Waals surface area contributed by atoms with Gasteiger partial charge in [0.05, 0.1) is 0 Å². The Morgan fingerprint density at radius 1 is 1.33 bits per heavy atom. The third-order valence-electron chi connectivity index (χ3n) is 1.72. The molecular formula is C15H23NO4S. The quantitative estimate of drug-likeness (QED) is 0.585. The number of carbonyl (C=O) groups is 2. The summed E-state index contributed by atoms with van der Waals surface area (Å²) in [6, 6.07) is 10.0. The Labute approximate surface area is 131 Å². The standard InChI is InChI=1S/C8H8.C4H6O2.C3H6O2S.H3N/c1-2-8-6-4-3-5-7-8;1-3(2)4(5)6;4-3(5)1-2-6;/h2-7H,1H2;1H2,2H3,(H,5,6);6H,1-2H2,(H,4,5);1H3. The lowest BCUT2D eigenvalue weighted by atomic mass is 10.2. The second-order valence-corrected chi connectivity index (χ2v) is 3.99. The summed E-state index contributed by atoms with van der Waals surface area (Å²) in [5.41, 5.74) is 1.35. The minimum atomic E-state index is -1.04. The van der Waals surface area contributed by atoms with Crippen molar-refractivity contribution in [2.45, 2.75) is 13.3 Å². The van der Waals surface area contributed by atoms with E-state index in [9.17, 15) is 14.7 Å². The number of hydrogen-bond donors (Lipinski definition) is 3. The molecule has 0 aliphatic carbocycles. The third-order valence-corrected chi connectivity index (χ3v) is 1.94. The first kappa shape index (κ1) is 24.0. The van der Waals surface area contributed by atoms with Gasteiger partial charge in [-0.15, -0.1) is 0 Å². The van der Waals surface area contributed by atoms with E-state index >= 15 is 0 Å². The van der Waals surface area contributed by atoms with E-state index in [1.54, 1.807) is 0 Å². The van der Waals surface area contributed by atoms with E-state index in [-0.39, 0.29) is 18.1 Å². The molecule has 21 heavy (non-hydrogen) atoms. The molecule has 0 aliphatic rings. The summed E-state index contributed by atoms with van der Waals surface area (Å²) >= 11 is 3.64. The van der Waals surface area contributed by atoms with Gasteiger partial charge in [-0.3, -0.25) is 0 Å². The maximum Gasteiger partial charge on any atom is 0.330 e. The number of thiol groups is 1. The Hall–Kier alpha value is -2.05. The highest BCUT2D eigenvalue weighted by Crippen LogP contribution is 1.97. The van der Waals surface area contributed by atoms with E-state index in [0.717, 1.165) is 0 Å². The first-order valence-corrected chi connectivity index (χ1v) is 6.35. The molecule has 0 saturated carbocycles. The summed E-state index contributed by atoms with van der Waals surface area (Å²) in [7, 11) is 0. The van der Waals surface area contributed by atoms with Gasteiger partial charge >= 0.3 is 5.97 Å². The van der Waals surface area contributed by atoms with Crippen molar-refractivity contribution in [3.63, 3.8) is 0 Å². The highest BCUT2D eigenvalue weighted by molar-refractivity contribution is 7.80. The van der Waals surface area contributed by atoms with Crippen molar-refractivity contribution in [3.05, 3.63) is 54.6 Å². The van der Waals surface area contributed by atoms with Crippen LogP contribution < -0.4 is 11.3 Å². The van der Waals surface area contributed by atoms with Crippen LogP contribution in [0, 0.1) is 0 Å². The second kappa shape index (κ2) is 16.0. The van der Waals surface area contributed by atoms with Crippen molar-refractivity contribution in [2.75, 3.05) is 5.75 Å². The molecule has 5 N–H and O–H groups in total. The Morgan fingerprint density at radius 3 is 1.90 bits per heavy atom. The maximum atomic E-state index is 9.60. The van der Waals surface area contributed by atoms with Gasteiger partial charge in [-0.05, 0) is 24.7 Å². The van der Waals surface area contributed by atoms with Crippen molar-refractivity contribution in [1.82, 2.24) is 6.15 Å². The van der Waals surface area contributed by atoms with E-state index in [1.807, 2.05) is 36.4 Å². The van der Waals surface area contributed by atoms with Gasteiger partial charge in [-0.1, -0.05) is 49.6 Å². The first-order chi connectivity index (χ1) is 9.34. The second-order valence-electron chi connectivity index (χ2n) is 3.55. The smallest absolute Gasteiger partial charge is 0.330 e. The molecule has 6 heteroatoms. The van der Waals surface area contributed by atoms with Gasteiger partial charge in [0.1, 0.15) is 0 Å². The molecule has 0 bridgehead atoms. The van der Waals surface area contributed by atoms with Crippen LogP contribution in [-0.4, -0.2) is 22.8 Å². The van der Waals surface area contributed by atoms with Crippen molar-refractivity contribution < 1.29 is 19.8 Å². The molecule has 0 atom stereocenters. The van der Waals surface area contributed by atoms with E-state index in [2.05, 4.69) is 25.8 Å². The summed E-state index contributed by atoms with van der Waals surface area (Å²) in [5.74, 6) is -1.61. The molecule has 0 amide bonds. The molecule has 1 aromatic carbocycles. The van der Waals surface area contributed by atoms with Crippen LogP contribution in [0.4, 0.5) is 0 Å². The Kier molecular flexibility index (Phi) is 18.3. The number of carboxylic acids is 2. The van der Waals surface area contributed by atoms with Gasteiger partial charge < -0.3 is 21.2 Å². The molecule has 0 aliphatic heterocycles. The number of carboxylic acid groups (broad SMARTS) is 2. The van der Waals surface area contributed by atoms with Crippen LogP contribution in [0.3, 0.4) is 0 Å². The minimum absolute atomic E-state index is 0. The highest BCUT2D eigenvalue weighted by Gasteiger charge is 1.90. The molecule has 0 radical (unpaired) electrons. The normalized spacial score (nSPS) is 7.71. The van der Waals surface area contributed by atoms with Crippen molar-refractivity contribution in [3.8, 4) is 0 Å². The fraction of sp³-hybridized carbons (Fsp3) is 0.200. The molecule has 5 nitrogen and oxygen atoms in total. The van der Waals surface area contributed by atoms with Gasteiger partial charge in [0.2, 0.25) is 0 Å². The molecule has 0 fully saturated rings. The number of quaternary nitrogens is 1. The molecule has 1 rings (SSSR count). The van der Waals surface area contributed by atoms with Gasteiger partial charge in [-0.25, -0.2) is 4.79 Å². The van der Waals surface area contributed by atoms with E-state index in [1.165, 1.54) is 12.5 Å². The molecule has 118 valence electrons. The fourth-order valence-corrected chi connectivity index (χ4v) is 0.863. The Morgan fingerprint density at radius 2 is 1.76 bits per heavy atom.